The molecule has 0 spiro atoms. The molecule has 0 N–H and O–H groups in total. The Bertz CT molecular complexity index is 196. The maximum Gasteiger partial charge on any atom is 0.344 e. The predicted octanol–water partition coefficient (Wildman–Crippen LogP) is 3.32. The first-order chi connectivity index (χ1) is 7.12. The van der Waals surface area contributed by atoms with E-state index in [2.05, 4.69) is 13.8 Å². The van der Waals surface area contributed by atoms with Gasteiger partial charge in [0.15, 0.2) is 0 Å². The Morgan fingerprint density at radius 3 is 1.33 bits per heavy atom. The first-order valence-corrected chi connectivity index (χ1v) is 8.19. The van der Waals surface area contributed by atoms with Crippen LogP contribution in [0.3, 0.4) is 0 Å². The topological polar surface area (TPSA) is 18.5 Å². The molecule has 0 atom stereocenters. The van der Waals surface area contributed by atoms with Crippen molar-refractivity contribution in [2.75, 3.05) is 14.2 Å². The molecule has 15 heavy (non-hydrogen) atoms. The second-order valence-electron chi connectivity index (χ2n) is 5.68. The van der Waals surface area contributed by atoms with Gasteiger partial charge in [0.05, 0.1) is 0 Å². The van der Waals surface area contributed by atoms with E-state index in [0.717, 1.165) is 22.9 Å². The molecule has 0 aromatic rings. The molecule has 3 heteroatoms. The van der Waals surface area contributed by atoms with Crippen LogP contribution < -0.4 is 0 Å². The first kappa shape index (κ1) is 11.6. The molecule has 0 amide bonds. The van der Waals surface area contributed by atoms with Crippen molar-refractivity contribution in [1.29, 1.82) is 0 Å². The predicted molar refractivity (Wildman–Crippen MR) is 64.1 cm³/mol. The van der Waals surface area contributed by atoms with E-state index in [0.29, 0.717) is 0 Å². The molecule has 2 aliphatic carbocycles. The summed E-state index contributed by atoms with van der Waals surface area (Å²) < 4.78 is 11.8. The SMILES string of the molecule is CO[Si](OC)(C1CC(C)C1)C1CC(C)C1. The Morgan fingerprint density at radius 2 is 1.13 bits per heavy atom. The largest absolute Gasteiger partial charge is 0.397 e. The second-order valence-corrected chi connectivity index (χ2v) is 9.57. The standard InChI is InChI=1S/C12H24O2Si/c1-9-5-11(6-9)15(13-3,14-4)12-7-10(2)8-12/h9-12H,5-8H2,1-4H3. The summed E-state index contributed by atoms with van der Waals surface area (Å²) in [6.45, 7) is 4.68. The molecular formula is C12H24O2Si. The van der Waals surface area contributed by atoms with E-state index in [-0.39, 0.29) is 0 Å². The molecule has 0 heterocycles. The van der Waals surface area contributed by atoms with Crippen LogP contribution in [0, 0.1) is 11.8 Å². The summed E-state index contributed by atoms with van der Waals surface area (Å²) in [5, 5.41) is 0. The van der Waals surface area contributed by atoms with Crippen molar-refractivity contribution < 1.29 is 8.85 Å². The van der Waals surface area contributed by atoms with E-state index in [9.17, 15) is 0 Å². The highest BCUT2D eigenvalue weighted by atomic mass is 28.4. The average molecular weight is 228 g/mol. The highest BCUT2D eigenvalue weighted by Gasteiger charge is 2.57. The van der Waals surface area contributed by atoms with E-state index in [4.69, 9.17) is 8.85 Å². The zero-order valence-electron chi connectivity index (χ0n) is 10.5. The minimum absolute atomic E-state index is 0.764. The monoisotopic (exact) mass is 228 g/mol. The summed E-state index contributed by atoms with van der Waals surface area (Å²) >= 11 is 0. The second kappa shape index (κ2) is 4.19. The molecule has 0 radical (unpaired) electrons. The van der Waals surface area contributed by atoms with Gasteiger partial charge < -0.3 is 8.85 Å². The lowest BCUT2D eigenvalue weighted by molar-refractivity contribution is 0.146. The summed E-state index contributed by atoms with van der Waals surface area (Å²) in [4.78, 5) is 0. The first-order valence-electron chi connectivity index (χ1n) is 6.22. The Labute approximate surface area is 94.6 Å². The molecule has 0 aromatic carbocycles. The Morgan fingerprint density at radius 1 is 0.800 bits per heavy atom. The summed E-state index contributed by atoms with van der Waals surface area (Å²) in [6, 6.07) is 0. The summed E-state index contributed by atoms with van der Waals surface area (Å²) in [6.07, 6.45) is 5.33. The average Bonchev–Trinajstić information content (AvgIpc) is 2.14. The van der Waals surface area contributed by atoms with Crippen LogP contribution >= 0.6 is 0 Å². The van der Waals surface area contributed by atoms with Gasteiger partial charge in [-0.25, -0.2) is 0 Å². The van der Waals surface area contributed by atoms with Crippen molar-refractivity contribution in [3.05, 3.63) is 0 Å². The lowest BCUT2D eigenvalue weighted by atomic mass is 9.85. The maximum atomic E-state index is 5.91. The van der Waals surface area contributed by atoms with Gasteiger partial charge >= 0.3 is 8.56 Å². The van der Waals surface area contributed by atoms with Crippen molar-refractivity contribution >= 4 is 8.56 Å². The van der Waals surface area contributed by atoms with Crippen LogP contribution in [0.15, 0.2) is 0 Å². The number of hydrogen-bond acceptors (Lipinski definition) is 2. The lowest BCUT2D eigenvalue weighted by Crippen LogP contribution is -2.56. The summed E-state index contributed by atoms with van der Waals surface area (Å²) in [5.74, 6) is 1.79. The third-order valence-corrected chi connectivity index (χ3v) is 9.02. The van der Waals surface area contributed by atoms with Gasteiger partial charge in [0.2, 0.25) is 0 Å². The van der Waals surface area contributed by atoms with Gasteiger partial charge in [0.25, 0.3) is 0 Å². The van der Waals surface area contributed by atoms with Crippen LogP contribution in [0.25, 0.3) is 0 Å². The zero-order valence-corrected chi connectivity index (χ0v) is 11.5. The van der Waals surface area contributed by atoms with Gasteiger partial charge in [-0.3, -0.25) is 0 Å². The molecule has 0 saturated heterocycles. The molecule has 2 nitrogen and oxygen atoms in total. The van der Waals surface area contributed by atoms with Crippen molar-refractivity contribution in [2.45, 2.75) is 50.6 Å². The molecule has 2 aliphatic rings. The van der Waals surface area contributed by atoms with Crippen LogP contribution in [0.2, 0.25) is 11.1 Å². The minimum Gasteiger partial charge on any atom is -0.397 e. The number of rotatable bonds is 4. The Kier molecular flexibility index (Phi) is 3.24. The van der Waals surface area contributed by atoms with Gasteiger partial charge in [-0.05, 0) is 37.5 Å². The fourth-order valence-corrected chi connectivity index (χ4v) is 8.64. The molecule has 2 saturated carbocycles. The molecule has 88 valence electrons. The lowest BCUT2D eigenvalue weighted by Gasteiger charge is -2.51. The van der Waals surface area contributed by atoms with Crippen LogP contribution in [0.4, 0.5) is 0 Å². The minimum atomic E-state index is -1.86. The fraction of sp³-hybridized carbons (Fsp3) is 1.00. The van der Waals surface area contributed by atoms with Crippen LogP contribution in [-0.4, -0.2) is 22.8 Å². The molecule has 0 aromatic heterocycles. The van der Waals surface area contributed by atoms with E-state index >= 15 is 0 Å². The fourth-order valence-electron chi connectivity index (χ4n) is 3.55. The van der Waals surface area contributed by atoms with Gasteiger partial charge in [-0.15, -0.1) is 0 Å². The Balaban J connectivity index is 2.03. The van der Waals surface area contributed by atoms with E-state index < -0.39 is 8.56 Å². The Hall–Kier alpha value is 0.137. The summed E-state index contributed by atoms with van der Waals surface area (Å²) in [7, 11) is 1.89. The zero-order chi connectivity index (χ0) is 11.1. The summed E-state index contributed by atoms with van der Waals surface area (Å²) in [5.41, 5.74) is 1.53. The van der Waals surface area contributed by atoms with E-state index in [1.54, 1.807) is 0 Å². The van der Waals surface area contributed by atoms with E-state index in [1.807, 2.05) is 14.2 Å². The molecule has 0 bridgehead atoms. The molecular weight excluding hydrogens is 204 g/mol. The van der Waals surface area contributed by atoms with Crippen LogP contribution in [0.1, 0.15) is 39.5 Å². The van der Waals surface area contributed by atoms with Gasteiger partial charge in [-0.1, -0.05) is 13.8 Å². The van der Waals surface area contributed by atoms with E-state index in [1.165, 1.54) is 25.7 Å². The van der Waals surface area contributed by atoms with Gasteiger partial charge in [0, 0.05) is 25.3 Å². The van der Waals surface area contributed by atoms with Crippen LogP contribution in [-0.2, 0) is 8.85 Å². The molecule has 0 aliphatic heterocycles. The van der Waals surface area contributed by atoms with Crippen molar-refractivity contribution in [2.24, 2.45) is 11.8 Å². The highest BCUT2D eigenvalue weighted by Crippen LogP contribution is 2.56. The quantitative estimate of drug-likeness (QED) is 0.687. The number of hydrogen-bond donors (Lipinski definition) is 0. The van der Waals surface area contributed by atoms with Gasteiger partial charge in [-0.2, -0.15) is 0 Å². The highest BCUT2D eigenvalue weighted by molar-refractivity contribution is 6.71. The smallest absolute Gasteiger partial charge is 0.344 e. The van der Waals surface area contributed by atoms with Crippen LogP contribution in [0.5, 0.6) is 0 Å². The molecule has 2 rings (SSSR count). The van der Waals surface area contributed by atoms with Crippen molar-refractivity contribution in [1.82, 2.24) is 0 Å². The third kappa shape index (κ3) is 1.79. The van der Waals surface area contributed by atoms with Crippen molar-refractivity contribution in [3.63, 3.8) is 0 Å². The molecule has 2 fully saturated rings. The normalized spacial score (nSPS) is 40.8. The molecule has 0 unspecified atom stereocenters. The van der Waals surface area contributed by atoms with Crippen molar-refractivity contribution in [3.8, 4) is 0 Å². The maximum absolute atomic E-state index is 5.91. The van der Waals surface area contributed by atoms with Gasteiger partial charge in [0.1, 0.15) is 0 Å². The third-order valence-electron chi connectivity index (χ3n) is 4.52.